The third kappa shape index (κ3) is 4.09. The molecule has 130 valence electrons. The van der Waals surface area contributed by atoms with Gasteiger partial charge in [0, 0.05) is 12.6 Å². The summed E-state index contributed by atoms with van der Waals surface area (Å²) < 4.78 is 10.6. The molecule has 1 saturated heterocycles. The lowest BCUT2D eigenvalue weighted by atomic mass is 9.99. The molecule has 1 fully saturated rings. The molecular weight excluding hydrogens is 316 g/mol. The molecular formula is C17H27ClN2O3. The fourth-order valence-electron chi connectivity index (χ4n) is 2.92. The second-order valence-corrected chi connectivity index (χ2v) is 5.95. The number of nitrogens with two attached hydrogens (primary N) is 1. The molecule has 1 aliphatic heterocycles. The van der Waals surface area contributed by atoms with Gasteiger partial charge in [0.05, 0.1) is 26.2 Å². The van der Waals surface area contributed by atoms with Crippen molar-refractivity contribution in [1.82, 2.24) is 4.90 Å². The van der Waals surface area contributed by atoms with Crippen molar-refractivity contribution in [3.8, 4) is 11.5 Å². The van der Waals surface area contributed by atoms with E-state index in [-0.39, 0.29) is 36.3 Å². The summed E-state index contributed by atoms with van der Waals surface area (Å²) in [6, 6.07) is 5.82. The van der Waals surface area contributed by atoms with Crippen LogP contribution in [0.1, 0.15) is 38.3 Å². The third-order valence-electron chi connectivity index (χ3n) is 4.51. The summed E-state index contributed by atoms with van der Waals surface area (Å²) in [5.74, 6) is 1.36. The van der Waals surface area contributed by atoms with Crippen LogP contribution in [0.25, 0.3) is 0 Å². The van der Waals surface area contributed by atoms with Gasteiger partial charge >= 0.3 is 0 Å². The highest BCUT2D eigenvalue weighted by Crippen LogP contribution is 2.37. The van der Waals surface area contributed by atoms with Gasteiger partial charge in [0.25, 0.3) is 0 Å². The van der Waals surface area contributed by atoms with Crippen LogP contribution in [-0.2, 0) is 4.79 Å². The average Bonchev–Trinajstić information content (AvgIpc) is 3.02. The first kappa shape index (κ1) is 19.6. The molecule has 3 unspecified atom stereocenters. The molecule has 0 saturated carbocycles. The van der Waals surface area contributed by atoms with Crippen LogP contribution in [0, 0.1) is 5.92 Å². The number of methoxy groups -OCH3 is 2. The Morgan fingerprint density at radius 2 is 1.91 bits per heavy atom. The third-order valence-corrected chi connectivity index (χ3v) is 4.51. The highest BCUT2D eigenvalue weighted by atomic mass is 35.5. The molecule has 0 aromatic heterocycles. The van der Waals surface area contributed by atoms with Gasteiger partial charge in [0.2, 0.25) is 5.91 Å². The average molecular weight is 343 g/mol. The van der Waals surface area contributed by atoms with Gasteiger partial charge in [-0.05, 0) is 37.5 Å². The molecule has 23 heavy (non-hydrogen) atoms. The van der Waals surface area contributed by atoms with Crippen LogP contribution < -0.4 is 15.2 Å². The Balaban J connectivity index is 0.00000264. The van der Waals surface area contributed by atoms with Crippen molar-refractivity contribution < 1.29 is 14.3 Å². The fourth-order valence-corrected chi connectivity index (χ4v) is 2.92. The highest BCUT2D eigenvalue weighted by molar-refractivity contribution is 5.85. The van der Waals surface area contributed by atoms with Crippen molar-refractivity contribution in [2.45, 2.75) is 38.8 Å². The van der Waals surface area contributed by atoms with E-state index in [0.29, 0.717) is 11.5 Å². The van der Waals surface area contributed by atoms with Crippen molar-refractivity contribution in [2.75, 3.05) is 20.8 Å². The molecule has 1 aromatic carbocycles. The van der Waals surface area contributed by atoms with E-state index in [1.165, 1.54) is 0 Å². The number of amides is 1. The Kier molecular flexibility index (Phi) is 7.16. The molecule has 6 heteroatoms. The largest absolute Gasteiger partial charge is 0.493 e. The number of rotatable bonds is 5. The number of ether oxygens (including phenoxy) is 2. The van der Waals surface area contributed by atoms with Crippen LogP contribution in [-0.4, -0.2) is 37.6 Å². The van der Waals surface area contributed by atoms with Crippen LogP contribution >= 0.6 is 12.4 Å². The Hall–Kier alpha value is -1.46. The summed E-state index contributed by atoms with van der Waals surface area (Å²) in [6.45, 7) is 4.57. The second-order valence-electron chi connectivity index (χ2n) is 5.95. The standard InChI is InChI=1S/C17H26N2O3.ClH/c1-11(12(2)18)17(20)19-9-5-6-14(19)13-7-8-15(21-3)16(10-13)22-4;/h7-8,10-12,14H,5-6,9,18H2,1-4H3;1H. The summed E-state index contributed by atoms with van der Waals surface area (Å²) >= 11 is 0. The Bertz CT molecular complexity index is 537. The van der Waals surface area contributed by atoms with Crippen LogP contribution in [0.3, 0.4) is 0 Å². The molecule has 0 aliphatic carbocycles. The SMILES string of the molecule is COc1ccc(C2CCCN2C(=O)C(C)C(C)N)cc1OC.Cl. The summed E-state index contributed by atoms with van der Waals surface area (Å²) in [7, 11) is 3.24. The van der Waals surface area contributed by atoms with E-state index in [1.54, 1.807) is 14.2 Å². The number of nitrogens with zero attached hydrogens (tertiary/aromatic N) is 1. The summed E-state index contributed by atoms with van der Waals surface area (Å²) in [5, 5.41) is 0. The molecule has 1 heterocycles. The monoisotopic (exact) mass is 342 g/mol. The summed E-state index contributed by atoms with van der Waals surface area (Å²) in [6.07, 6.45) is 1.98. The van der Waals surface area contributed by atoms with E-state index in [4.69, 9.17) is 15.2 Å². The summed E-state index contributed by atoms with van der Waals surface area (Å²) in [4.78, 5) is 14.6. The maximum absolute atomic E-state index is 12.6. The van der Waals surface area contributed by atoms with E-state index in [2.05, 4.69) is 0 Å². The van der Waals surface area contributed by atoms with Crippen LogP contribution in [0.2, 0.25) is 0 Å². The van der Waals surface area contributed by atoms with Gasteiger partial charge in [-0.2, -0.15) is 0 Å². The molecule has 3 atom stereocenters. The minimum absolute atomic E-state index is 0. The van der Waals surface area contributed by atoms with E-state index in [1.807, 2.05) is 36.9 Å². The van der Waals surface area contributed by atoms with Crippen LogP contribution in [0.4, 0.5) is 0 Å². The molecule has 1 amide bonds. The van der Waals surface area contributed by atoms with Gasteiger partial charge < -0.3 is 20.1 Å². The Morgan fingerprint density at radius 1 is 1.26 bits per heavy atom. The van der Waals surface area contributed by atoms with E-state index in [0.717, 1.165) is 24.9 Å². The second kappa shape index (κ2) is 8.41. The van der Waals surface area contributed by atoms with Gasteiger partial charge in [-0.25, -0.2) is 0 Å². The van der Waals surface area contributed by atoms with Gasteiger partial charge in [-0.15, -0.1) is 12.4 Å². The highest BCUT2D eigenvalue weighted by Gasteiger charge is 2.33. The topological polar surface area (TPSA) is 64.8 Å². The van der Waals surface area contributed by atoms with Crippen molar-refractivity contribution in [3.05, 3.63) is 23.8 Å². The Morgan fingerprint density at radius 3 is 2.48 bits per heavy atom. The number of hydrogen-bond donors (Lipinski definition) is 1. The zero-order valence-corrected chi connectivity index (χ0v) is 15.1. The van der Waals surface area contributed by atoms with E-state index >= 15 is 0 Å². The molecule has 2 N–H and O–H groups in total. The number of likely N-dealkylation sites (tertiary alicyclic amines) is 1. The van der Waals surface area contributed by atoms with Crippen molar-refractivity contribution in [2.24, 2.45) is 11.7 Å². The lowest BCUT2D eigenvalue weighted by Crippen LogP contribution is -2.41. The number of benzene rings is 1. The maximum Gasteiger partial charge on any atom is 0.227 e. The van der Waals surface area contributed by atoms with Crippen LogP contribution in [0.5, 0.6) is 11.5 Å². The van der Waals surface area contributed by atoms with Gasteiger partial charge in [-0.3, -0.25) is 4.79 Å². The van der Waals surface area contributed by atoms with Crippen molar-refractivity contribution >= 4 is 18.3 Å². The molecule has 5 nitrogen and oxygen atoms in total. The predicted octanol–water partition coefficient (Wildman–Crippen LogP) is 2.77. The number of hydrogen-bond acceptors (Lipinski definition) is 4. The quantitative estimate of drug-likeness (QED) is 0.893. The predicted molar refractivity (Wildman–Crippen MR) is 93.3 cm³/mol. The minimum atomic E-state index is -0.166. The molecule has 0 spiro atoms. The zero-order chi connectivity index (χ0) is 16.3. The summed E-state index contributed by atoms with van der Waals surface area (Å²) in [5.41, 5.74) is 6.97. The fraction of sp³-hybridized carbons (Fsp3) is 0.588. The lowest BCUT2D eigenvalue weighted by molar-refractivity contribution is -0.136. The van der Waals surface area contributed by atoms with Gasteiger partial charge in [-0.1, -0.05) is 13.0 Å². The first-order chi connectivity index (χ1) is 10.5. The maximum atomic E-state index is 12.6. The zero-order valence-electron chi connectivity index (χ0n) is 14.2. The molecule has 0 bridgehead atoms. The number of carbonyl (C=O) groups is 1. The van der Waals surface area contributed by atoms with Gasteiger partial charge in [0.1, 0.15) is 0 Å². The van der Waals surface area contributed by atoms with Gasteiger partial charge in [0.15, 0.2) is 11.5 Å². The molecule has 1 aromatic rings. The smallest absolute Gasteiger partial charge is 0.227 e. The lowest BCUT2D eigenvalue weighted by Gasteiger charge is -2.29. The first-order valence-corrected chi connectivity index (χ1v) is 7.77. The Labute approximate surface area is 144 Å². The van der Waals surface area contributed by atoms with Crippen molar-refractivity contribution in [3.63, 3.8) is 0 Å². The minimum Gasteiger partial charge on any atom is -0.493 e. The van der Waals surface area contributed by atoms with Crippen LogP contribution in [0.15, 0.2) is 18.2 Å². The van der Waals surface area contributed by atoms with E-state index < -0.39 is 0 Å². The number of halogens is 1. The first-order valence-electron chi connectivity index (χ1n) is 7.77. The molecule has 0 radical (unpaired) electrons. The number of carbonyl (C=O) groups excluding carboxylic acids is 1. The van der Waals surface area contributed by atoms with E-state index in [9.17, 15) is 4.79 Å². The molecule has 1 aliphatic rings. The van der Waals surface area contributed by atoms with Crippen molar-refractivity contribution in [1.29, 1.82) is 0 Å². The normalized spacial score (nSPS) is 19.7. The molecule has 2 rings (SSSR count).